The summed E-state index contributed by atoms with van der Waals surface area (Å²) in [6.07, 6.45) is 0. The number of aromatic nitrogens is 2. The molecule has 2 rings (SSSR count). The van der Waals surface area contributed by atoms with E-state index in [0.29, 0.717) is 11.3 Å². The van der Waals surface area contributed by atoms with Crippen LogP contribution in [0.25, 0.3) is 11.3 Å². The summed E-state index contributed by atoms with van der Waals surface area (Å²) in [5.74, 6) is -1.02. The van der Waals surface area contributed by atoms with Crippen LogP contribution in [0.3, 0.4) is 0 Å². The van der Waals surface area contributed by atoms with Crippen LogP contribution in [0.15, 0.2) is 41.2 Å². The second-order valence-electron chi connectivity index (χ2n) is 3.16. The molecule has 2 aromatic rings. The average Bonchev–Trinajstić information content (AvgIpc) is 2.30. The molecule has 0 aliphatic heterocycles. The van der Waals surface area contributed by atoms with Crippen LogP contribution < -0.4 is 5.56 Å². The fourth-order valence-corrected chi connectivity index (χ4v) is 1.39. The van der Waals surface area contributed by atoms with Gasteiger partial charge in [-0.3, -0.25) is 4.79 Å². The lowest BCUT2D eigenvalue weighted by atomic mass is 10.0. The lowest BCUT2D eigenvalue weighted by Gasteiger charge is -2.03. The summed E-state index contributed by atoms with van der Waals surface area (Å²) in [6, 6.07) is 9.28. The third-order valence-corrected chi connectivity index (χ3v) is 2.11. The van der Waals surface area contributed by atoms with E-state index in [0.717, 1.165) is 0 Å². The zero-order valence-corrected chi connectivity index (χ0v) is 8.18. The molecule has 16 heavy (non-hydrogen) atoms. The van der Waals surface area contributed by atoms with Gasteiger partial charge in [0.05, 0.1) is 11.3 Å². The molecular weight excluding hydrogens is 208 g/mol. The van der Waals surface area contributed by atoms with Gasteiger partial charge in [-0.15, -0.1) is 0 Å². The Bertz CT molecular complexity index is 569. The molecule has 2 N–H and O–H groups in total. The maximum Gasteiger partial charge on any atom is 0.336 e. The molecule has 80 valence electrons. The molecule has 0 spiro atoms. The van der Waals surface area contributed by atoms with E-state index in [-0.39, 0.29) is 11.1 Å². The van der Waals surface area contributed by atoms with Crippen LogP contribution in [-0.4, -0.2) is 21.3 Å². The van der Waals surface area contributed by atoms with Gasteiger partial charge in [-0.2, -0.15) is 5.10 Å². The van der Waals surface area contributed by atoms with E-state index < -0.39 is 5.97 Å². The number of hydrogen-bond acceptors (Lipinski definition) is 3. The highest BCUT2D eigenvalue weighted by Crippen LogP contribution is 2.20. The molecule has 0 bridgehead atoms. The number of nitrogens with zero attached hydrogens (tertiary/aromatic N) is 1. The minimum atomic E-state index is -1.02. The third kappa shape index (κ3) is 1.83. The summed E-state index contributed by atoms with van der Waals surface area (Å²) in [7, 11) is 0. The van der Waals surface area contributed by atoms with Gasteiger partial charge in [-0.25, -0.2) is 9.89 Å². The second kappa shape index (κ2) is 3.98. The standard InChI is InChI=1S/C11H8N2O3/c14-10-6-5-9(12-13-10)7-3-1-2-4-8(7)11(15)16/h1-6H,(H,13,14)(H,15,16). The van der Waals surface area contributed by atoms with Gasteiger partial charge in [0.15, 0.2) is 0 Å². The molecule has 5 heteroatoms. The summed E-state index contributed by atoms with van der Waals surface area (Å²) in [4.78, 5) is 21.8. The molecule has 1 heterocycles. The van der Waals surface area contributed by atoms with Crippen molar-refractivity contribution in [2.24, 2.45) is 0 Å². The van der Waals surface area contributed by atoms with Crippen molar-refractivity contribution in [2.45, 2.75) is 0 Å². The number of carboxylic acid groups (broad SMARTS) is 1. The summed E-state index contributed by atoms with van der Waals surface area (Å²) < 4.78 is 0. The zero-order valence-electron chi connectivity index (χ0n) is 8.18. The van der Waals surface area contributed by atoms with Crippen molar-refractivity contribution in [1.82, 2.24) is 10.2 Å². The van der Waals surface area contributed by atoms with Gasteiger partial charge in [0.25, 0.3) is 5.56 Å². The molecule has 1 aromatic carbocycles. The van der Waals surface area contributed by atoms with Crippen molar-refractivity contribution < 1.29 is 9.90 Å². The molecule has 0 unspecified atom stereocenters. The first-order valence-corrected chi connectivity index (χ1v) is 4.57. The minimum Gasteiger partial charge on any atom is -0.478 e. The number of rotatable bonds is 2. The molecule has 0 amide bonds. The van der Waals surface area contributed by atoms with Gasteiger partial charge in [-0.05, 0) is 12.1 Å². The lowest BCUT2D eigenvalue weighted by Crippen LogP contribution is -2.07. The molecule has 0 aliphatic rings. The highest BCUT2D eigenvalue weighted by Gasteiger charge is 2.11. The molecule has 0 saturated heterocycles. The monoisotopic (exact) mass is 216 g/mol. The van der Waals surface area contributed by atoms with Gasteiger partial charge >= 0.3 is 5.97 Å². The molecule has 0 fully saturated rings. The van der Waals surface area contributed by atoms with Gasteiger partial charge < -0.3 is 5.11 Å². The van der Waals surface area contributed by atoms with Gasteiger partial charge in [0.1, 0.15) is 0 Å². The molecular formula is C11H8N2O3. The molecule has 0 aliphatic carbocycles. The Morgan fingerprint density at radius 2 is 1.94 bits per heavy atom. The molecule has 5 nitrogen and oxygen atoms in total. The van der Waals surface area contributed by atoms with Crippen molar-refractivity contribution >= 4 is 5.97 Å². The Kier molecular flexibility index (Phi) is 2.51. The quantitative estimate of drug-likeness (QED) is 0.788. The number of carbonyl (C=O) groups is 1. The SMILES string of the molecule is O=C(O)c1ccccc1-c1ccc(=O)[nH]n1. The van der Waals surface area contributed by atoms with Crippen LogP contribution in [0.1, 0.15) is 10.4 Å². The van der Waals surface area contributed by atoms with Crippen molar-refractivity contribution in [3.05, 3.63) is 52.3 Å². The number of aromatic amines is 1. The Morgan fingerprint density at radius 3 is 2.56 bits per heavy atom. The van der Waals surface area contributed by atoms with Crippen LogP contribution in [0.5, 0.6) is 0 Å². The maximum absolute atomic E-state index is 11.0. The van der Waals surface area contributed by atoms with E-state index in [1.165, 1.54) is 18.2 Å². The minimum absolute atomic E-state index is 0.155. The van der Waals surface area contributed by atoms with Gasteiger partial charge in [0.2, 0.25) is 0 Å². The highest BCUT2D eigenvalue weighted by molar-refractivity contribution is 5.95. The molecule has 0 saturated carbocycles. The predicted molar refractivity (Wildman–Crippen MR) is 57.3 cm³/mol. The van der Waals surface area contributed by atoms with Gasteiger partial charge in [-0.1, -0.05) is 18.2 Å². The van der Waals surface area contributed by atoms with Crippen LogP contribution in [0, 0.1) is 0 Å². The Balaban J connectivity index is 2.59. The number of H-pyrrole nitrogens is 1. The summed E-state index contributed by atoms with van der Waals surface area (Å²) in [6.45, 7) is 0. The van der Waals surface area contributed by atoms with Crippen LogP contribution in [-0.2, 0) is 0 Å². The first kappa shape index (κ1) is 10.1. The van der Waals surface area contributed by atoms with E-state index in [1.807, 2.05) is 0 Å². The fourth-order valence-electron chi connectivity index (χ4n) is 1.39. The summed E-state index contributed by atoms with van der Waals surface area (Å²) >= 11 is 0. The van der Waals surface area contributed by atoms with Crippen molar-refractivity contribution in [1.29, 1.82) is 0 Å². The highest BCUT2D eigenvalue weighted by atomic mass is 16.4. The van der Waals surface area contributed by atoms with Crippen LogP contribution >= 0.6 is 0 Å². The number of aromatic carboxylic acids is 1. The number of nitrogens with one attached hydrogen (secondary N) is 1. The Hall–Kier alpha value is -2.43. The third-order valence-electron chi connectivity index (χ3n) is 2.11. The Morgan fingerprint density at radius 1 is 1.19 bits per heavy atom. The first-order valence-electron chi connectivity index (χ1n) is 4.57. The number of benzene rings is 1. The van der Waals surface area contributed by atoms with E-state index in [9.17, 15) is 9.59 Å². The average molecular weight is 216 g/mol. The summed E-state index contributed by atoms with van der Waals surface area (Å²) in [5, 5.41) is 15.0. The van der Waals surface area contributed by atoms with Crippen molar-refractivity contribution in [2.75, 3.05) is 0 Å². The molecule has 0 atom stereocenters. The summed E-state index contributed by atoms with van der Waals surface area (Å²) in [5.41, 5.74) is 0.738. The normalized spacial score (nSPS) is 10.0. The van der Waals surface area contributed by atoms with E-state index in [2.05, 4.69) is 10.2 Å². The smallest absolute Gasteiger partial charge is 0.336 e. The largest absolute Gasteiger partial charge is 0.478 e. The second-order valence-corrected chi connectivity index (χ2v) is 3.16. The number of hydrogen-bond donors (Lipinski definition) is 2. The molecule has 1 aromatic heterocycles. The fraction of sp³-hybridized carbons (Fsp3) is 0. The predicted octanol–water partition coefficient (Wildman–Crippen LogP) is 1.14. The lowest BCUT2D eigenvalue weighted by molar-refractivity contribution is 0.0697. The van der Waals surface area contributed by atoms with Crippen LogP contribution in [0.2, 0.25) is 0 Å². The Labute approximate surface area is 90.4 Å². The van der Waals surface area contributed by atoms with E-state index in [1.54, 1.807) is 18.2 Å². The zero-order chi connectivity index (χ0) is 11.5. The van der Waals surface area contributed by atoms with Crippen LogP contribution in [0.4, 0.5) is 0 Å². The van der Waals surface area contributed by atoms with Crippen molar-refractivity contribution in [3.63, 3.8) is 0 Å². The molecule has 0 radical (unpaired) electrons. The van der Waals surface area contributed by atoms with Crippen molar-refractivity contribution in [3.8, 4) is 11.3 Å². The van der Waals surface area contributed by atoms with Gasteiger partial charge in [0, 0.05) is 11.6 Å². The first-order chi connectivity index (χ1) is 7.68. The van der Waals surface area contributed by atoms with E-state index in [4.69, 9.17) is 5.11 Å². The number of carboxylic acids is 1. The topological polar surface area (TPSA) is 83.0 Å². The maximum atomic E-state index is 11.0. The van der Waals surface area contributed by atoms with E-state index >= 15 is 0 Å².